The van der Waals surface area contributed by atoms with Crippen molar-refractivity contribution in [2.24, 2.45) is 0 Å². The van der Waals surface area contributed by atoms with Crippen LogP contribution in [0.5, 0.6) is 0 Å². The molecule has 0 aliphatic carbocycles. The van der Waals surface area contributed by atoms with Gasteiger partial charge in [0.15, 0.2) is 0 Å². The van der Waals surface area contributed by atoms with Crippen LogP contribution in [0.25, 0.3) is 0 Å². The lowest BCUT2D eigenvalue weighted by Crippen LogP contribution is -2.13. The molecule has 0 radical (unpaired) electrons. The van der Waals surface area contributed by atoms with Crippen LogP contribution in [0.15, 0.2) is 34.8 Å². The Labute approximate surface area is 129 Å². The molecule has 6 heteroatoms. The summed E-state index contributed by atoms with van der Waals surface area (Å²) in [6.07, 6.45) is 0. The van der Waals surface area contributed by atoms with Crippen molar-refractivity contribution in [3.63, 3.8) is 0 Å². The third kappa shape index (κ3) is 3.29. The van der Waals surface area contributed by atoms with Crippen molar-refractivity contribution in [3.05, 3.63) is 56.8 Å². The number of benzene rings is 2. The molecule has 0 aromatic heterocycles. The van der Waals surface area contributed by atoms with E-state index in [0.717, 1.165) is 5.56 Å². The van der Waals surface area contributed by atoms with E-state index in [1.54, 1.807) is 19.1 Å². The summed E-state index contributed by atoms with van der Waals surface area (Å²) in [5.74, 6) is -0.847. The number of nitrogen functional groups attached to an aromatic ring is 1. The first-order valence-electron chi connectivity index (χ1n) is 5.70. The Hall–Kier alpha value is -1.59. The molecule has 0 saturated carbocycles. The van der Waals surface area contributed by atoms with Gasteiger partial charge < -0.3 is 11.1 Å². The maximum absolute atomic E-state index is 13.5. The van der Waals surface area contributed by atoms with E-state index in [2.05, 4.69) is 21.2 Å². The number of halogens is 3. The molecule has 3 N–H and O–H groups in total. The van der Waals surface area contributed by atoms with E-state index in [-0.39, 0.29) is 0 Å². The second-order valence-corrected chi connectivity index (χ2v) is 5.60. The predicted molar refractivity (Wildman–Crippen MR) is 82.7 cm³/mol. The zero-order valence-corrected chi connectivity index (χ0v) is 12.8. The minimum Gasteiger partial charge on any atom is -0.399 e. The van der Waals surface area contributed by atoms with Gasteiger partial charge in [0, 0.05) is 22.0 Å². The molecule has 0 aliphatic rings. The Kier molecular flexibility index (Phi) is 4.30. The predicted octanol–water partition coefficient (Wildman–Crippen LogP) is 4.38. The number of nitrogens with one attached hydrogen (secondary N) is 1. The van der Waals surface area contributed by atoms with Crippen LogP contribution in [-0.2, 0) is 0 Å². The van der Waals surface area contributed by atoms with Crippen LogP contribution in [0.3, 0.4) is 0 Å². The van der Waals surface area contributed by atoms with Gasteiger partial charge >= 0.3 is 0 Å². The van der Waals surface area contributed by atoms with Gasteiger partial charge in [-0.2, -0.15) is 0 Å². The van der Waals surface area contributed by atoms with Crippen LogP contribution >= 0.6 is 27.5 Å². The van der Waals surface area contributed by atoms with E-state index in [0.29, 0.717) is 26.4 Å². The number of carbonyl (C=O) groups excluding carboxylic acids is 1. The molecule has 0 unspecified atom stereocenters. The molecule has 0 bridgehead atoms. The molecule has 2 rings (SSSR count). The number of hydrogen-bond donors (Lipinski definition) is 2. The van der Waals surface area contributed by atoms with Gasteiger partial charge in [-0.05, 0) is 58.7 Å². The summed E-state index contributed by atoms with van der Waals surface area (Å²) in [6, 6.07) is 7.40. The van der Waals surface area contributed by atoms with E-state index in [4.69, 9.17) is 17.3 Å². The third-order valence-electron chi connectivity index (χ3n) is 2.70. The van der Waals surface area contributed by atoms with E-state index in [1.165, 1.54) is 18.2 Å². The van der Waals surface area contributed by atoms with E-state index in [9.17, 15) is 9.18 Å². The Balaban J connectivity index is 2.30. The number of carbonyl (C=O) groups is 1. The van der Waals surface area contributed by atoms with Gasteiger partial charge in [-0.15, -0.1) is 0 Å². The van der Waals surface area contributed by atoms with Gasteiger partial charge in [0.05, 0.1) is 4.47 Å². The Morgan fingerprint density at radius 2 is 2.00 bits per heavy atom. The average Bonchev–Trinajstić information content (AvgIpc) is 2.34. The first-order valence-corrected chi connectivity index (χ1v) is 6.87. The summed E-state index contributed by atoms with van der Waals surface area (Å²) in [6.45, 7) is 1.77. The highest BCUT2D eigenvalue weighted by molar-refractivity contribution is 9.10. The largest absolute Gasteiger partial charge is 0.399 e. The highest BCUT2D eigenvalue weighted by Crippen LogP contribution is 2.25. The van der Waals surface area contributed by atoms with Crippen molar-refractivity contribution in [2.75, 3.05) is 11.1 Å². The normalized spacial score (nSPS) is 10.4. The topological polar surface area (TPSA) is 55.1 Å². The van der Waals surface area contributed by atoms with Crippen LogP contribution < -0.4 is 11.1 Å². The fourth-order valence-corrected chi connectivity index (χ4v) is 2.42. The summed E-state index contributed by atoms with van der Waals surface area (Å²) in [4.78, 5) is 12.1. The number of anilines is 2. The van der Waals surface area contributed by atoms with Gasteiger partial charge in [-0.3, -0.25) is 4.79 Å². The quantitative estimate of drug-likeness (QED) is 0.783. The Bertz CT molecular complexity index is 671. The average molecular weight is 358 g/mol. The summed E-state index contributed by atoms with van der Waals surface area (Å²) in [5.41, 5.74) is 7.48. The minimum atomic E-state index is -0.448. The molecule has 0 aliphatic heterocycles. The molecule has 2 aromatic carbocycles. The van der Waals surface area contributed by atoms with Crippen LogP contribution in [-0.4, -0.2) is 5.91 Å². The van der Waals surface area contributed by atoms with Crippen molar-refractivity contribution >= 4 is 44.8 Å². The number of hydrogen-bond acceptors (Lipinski definition) is 2. The van der Waals surface area contributed by atoms with Crippen molar-refractivity contribution < 1.29 is 9.18 Å². The molecule has 20 heavy (non-hydrogen) atoms. The molecule has 0 saturated heterocycles. The fraction of sp³-hybridized carbons (Fsp3) is 0.0714. The van der Waals surface area contributed by atoms with Crippen LogP contribution in [0, 0.1) is 12.7 Å². The van der Waals surface area contributed by atoms with Gasteiger partial charge in [0.2, 0.25) is 0 Å². The van der Waals surface area contributed by atoms with E-state index in [1.807, 2.05) is 0 Å². The maximum atomic E-state index is 13.5. The summed E-state index contributed by atoms with van der Waals surface area (Å²) in [7, 11) is 0. The molecule has 0 fully saturated rings. The number of nitrogens with two attached hydrogens (primary N) is 1. The second-order valence-electron chi connectivity index (χ2n) is 4.31. The summed E-state index contributed by atoms with van der Waals surface area (Å²) in [5, 5.41) is 3.00. The Morgan fingerprint density at radius 1 is 1.30 bits per heavy atom. The number of aryl methyl sites for hydroxylation is 1. The molecule has 104 valence electrons. The maximum Gasteiger partial charge on any atom is 0.255 e. The standard InChI is InChI=1S/C14H11BrClFN2O/c1-7-2-11(15)12(17)6-13(7)19-14(20)8-3-9(16)5-10(18)4-8/h2-6H,18H2,1H3,(H,19,20). The van der Waals surface area contributed by atoms with Crippen LogP contribution in [0.1, 0.15) is 15.9 Å². The molecule has 0 heterocycles. The Morgan fingerprint density at radius 3 is 2.65 bits per heavy atom. The summed E-state index contributed by atoms with van der Waals surface area (Å²) < 4.78 is 13.8. The van der Waals surface area contributed by atoms with Crippen molar-refractivity contribution in [2.45, 2.75) is 6.92 Å². The zero-order chi connectivity index (χ0) is 14.9. The van der Waals surface area contributed by atoms with Gasteiger partial charge in [0.1, 0.15) is 5.82 Å². The lowest BCUT2D eigenvalue weighted by molar-refractivity contribution is 0.102. The monoisotopic (exact) mass is 356 g/mol. The number of rotatable bonds is 2. The fourth-order valence-electron chi connectivity index (χ4n) is 1.72. The highest BCUT2D eigenvalue weighted by atomic mass is 79.9. The molecular formula is C14H11BrClFN2O. The first-order chi connectivity index (χ1) is 9.36. The van der Waals surface area contributed by atoms with Crippen LogP contribution in [0.2, 0.25) is 5.02 Å². The van der Waals surface area contributed by atoms with Crippen molar-refractivity contribution in [1.82, 2.24) is 0 Å². The molecular weight excluding hydrogens is 347 g/mol. The SMILES string of the molecule is Cc1cc(Br)c(F)cc1NC(=O)c1cc(N)cc(Cl)c1. The minimum absolute atomic E-state index is 0.317. The highest BCUT2D eigenvalue weighted by Gasteiger charge is 2.11. The van der Waals surface area contributed by atoms with Crippen LogP contribution in [0.4, 0.5) is 15.8 Å². The smallest absolute Gasteiger partial charge is 0.255 e. The van der Waals surface area contributed by atoms with Gasteiger partial charge in [0.25, 0.3) is 5.91 Å². The summed E-state index contributed by atoms with van der Waals surface area (Å²) >= 11 is 8.94. The molecule has 0 atom stereocenters. The lowest BCUT2D eigenvalue weighted by Gasteiger charge is -2.10. The van der Waals surface area contributed by atoms with Crippen molar-refractivity contribution in [1.29, 1.82) is 0 Å². The molecule has 1 amide bonds. The van der Waals surface area contributed by atoms with Crippen molar-refractivity contribution in [3.8, 4) is 0 Å². The second kappa shape index (κ2) is 5.81. The van der Waals surface area contributed by atoms with E-state index < -0.39 is 11.7 Å². The van der Waals surface area contributed by atoms with E-state index >= 15 is 0 Å². The van der Waals surface area contributed by atoms with Gasteiger partial charge in [-0.1, -0.05) is 11.6 Å². The lowest BCUT2D eigenvalue weighted by atomic mass is 10.1. The molecule has 2 aromatic rings. The first kappa shape index (κ1) is 14.8. The third-order valence-corrected chi connectivity index (χ3v) is 3.52. The zero-order valence-electron chi connectivity index (χ0n) is 10.5. The van der Waals surface area contributed by atoms with Gasteiger partial charge in [-0.25, -0.2) is 4.39 Å². The molecule has 0 spiro atoms. The molecule has 3 nitrogen and oxygen atoms in total. The number of amides is 1.